The van der Waals surface area contributed by atoms with Crippen molar-refractivity contribution in [1.29, 1.82) is 0 Å². The fourth-order valence-electron chi connectivity index (χ4n) is 4.11. The number of hydrogen-bond acceptors (Lipinski definition) is 6. The van der Waals surface area contributed by atoms with Crippen molar-refractivity contribution in [3.8, 4) is 11.1 Å². The third-order valence-corrected chi connectivity index (χ3v) is 6.42. The van der Waals surface area contributed by atoms with Gasteiger partial charge in [-0.1, -0.05) is 29.8 Å². The van der Waals surface area contributed by atoms with Crippen LogP contribution in [0.15, 0.2) is 42.5 Å². The maximum Gasteiger partial charge on any atom is 0.330 e. The average Bonchev–Trinajstić information content (AvgIpc) is 2.81. The molecule has 2 fully saturated rings. The number of rotatable bonds is 5. The molecule has 2 heterocycles. The van der Waals surface area contributed by atoms with E-state index in [9.17, 15) is 4.79 Å². The Balaban J connectivity index is 1.49. The zero-order chi connectivity index (χ0) is 23.4. The number of halogens is 1. The number of hydroxylamine groups is 2. The smallest absolute Gasteiger partial charge is 0.330 e. The molecule has 2 aromatic carbocycles. The van der Waals surface area contributed by atoms with E-state index < -0.39 is 5.41 Å². The fraction of sp³-hybridized carbons (Fsp3) is 0.500. The first-order valence-corrected chi connectivity index (χ1v) is 12.1. The summed E-state index contributed by atoms with van der Waals surface area (Å²) in [7, 11) is 0. The van der Waals surface area contributed by atoms with Crippen molar-refractivity contribution >= 4 is 23.3 Å². The first-order chi connectivity index (χ1) is 15.8. The standard InChI is InChI=1S/C26H34ClN3O3/c1-26(2,3)25(31)33-30-12-10-28(11-13-30)19-21-18-23(29-14-16-32-17-15-29)8-9-24(21)20-4-6-22(27)7-5-20/h4-9,18H,10-17,19H2,1-3H3. The lowest BCUT2D eigenvalue weighted by atomic mass is 9.97. The third kappa shape index (κ3) is 6.27. The molecule has 0 aromatic heterocycles. The molecule has 2 aliphatic heterocycles. The lowest BCUT2D eigenvalue weighted by molar-refractivity contribution is -0.207. The van der Waals surface area contributed by atoms with E-state index in [-0.39, 0.29) is 5.97 Å². The highest BCUT2D eigenvalue weighted by molar-refractivity contribution is 6.30. The van der Waals surface area contributed by atoms with Gasteiger partial charge in [-0.25, -0.2) is 4.79 Å². The zero-order valence-corrected chi connectivity index (χ0v) is 20.6. The minimum Gasteiger partial charge on any atom is -0.378 e. The molecule has 2 saturated heterocycles. The summed E-state index contributed by atoms with van der Waals surface area (Å²) in [6, 6.07) is 14.8. The molecule has 6 nitrogen and oxygen atoms in total. The molecule has 7 heteroatoms. The lowest BCUT2D eigenvalue weighted by Gasteiger charge is -2.35. The highest BCUT2D eigenvalue weighted by Gasteiger charge is 2.28. The van der Waals surface area contributed by atoms with Gasteiger partial charge in [-0.15, -0.1) is 5.06 Å². The van der Waals surface area contributed by atoms with E-state index in [0.717, 1.165) is 51.0 Å². The van der Waals surface area contributed by atoms with E-state index in [1.54, 1.807) is 5.06 Å². The van der Waals surface area contributed by atoms with Gasteiger partial charge in [-0.3, -0.25) is 4.90 Å². The van der Waals surface area contributed by atoms with Crippen LogP contribution in [0.25, 0.3) is 11.1 Å². The fourth-order valence-corrected chi connectivity index (χ4v) is 4.24. The van der Waals surface area contributed by atoms with Crippen LogP contribution in [-0.2, 0) is 20.9 Å². The molecule has 0 atom stereocenters. The van der Waals surface area contributed by atoms with Crippen LogP contribution in [0, 0.1) is 5.41 Å². The quantitative estimate of drug-likeness (QED) is 0.641. The Morgan fingerprint density at radius 2 is 1.64 bits per heavy atom. The van der Waals surface area contributed by atoms with Crippen molar-refractivity contribution in [2.24, 2.45) is 5.41 Å². The first-order valence-electron chi connectivity index (χ1n) is 11.7. The Bertz CT molecular complexity index is 944. The lowest BCUT2D eigenvalue weighted by Crippen LogP contribution is -2.47. The number of ether oxygens (including phenoxy) is 1. The minimum atomic E-state index is -0.495. The van der Waals surface area contributed by atoms with Gasteiger partial charge in [-0.2, -0.15) is 0 Å². The normalized spacial score (nSPS) is 18.4. The van der Waals surface area contributed by atoms with E-state index in [1.165, 1.54) is 22.4 Å². The topological polar surface area (TPSA) is 45.2 Å². The van der Waals surface area contributed by atoms with Crippen LogP contribution in [-0.4, -0.2) is 68.4 Å². The predicted octanol–water partition coefficient (Wildman–Crippen LogP) is 4.47. The molecular formula is C26H34ClN3O3. The van der Waals surface area contributed by atoms with Gasteiger partial charge in [-0.05, 0) is 61.7 Å². The van der Waals surface area contributed by atoms with Crippen LogP contribution in [0.2, 0.25) is 5.02 Å². The molecule has 0 unspecified atom stereocenters. The van der Waals surface area contributed by atoms with E-state index in [1.807, 2.05) is 32.9 Å². The largest absolute Gasteiger partial charge is 0.378 e. The van der Waals surface area contributed by atoms with Gasteiger partial charge >= 0.3 is 5.97 Å². The van der Waals surface area contributed by atoms with Crippen molar-refractivity contribution in [3.63, 3.8) is 0 Å². The van der Waals surface area contributed by atoms with Gasteiger partial charge in [0.25, 0.3) is 0 Å². The van der Waals surface area contributed by atoms with Crippen molar-refractivity contribution in [3.05, 3.63) is 53.1 Å². The van der Waals surface area contributed by atoms with Crippen LogP contribution >= 0.6 is 11.6 Å². The van der Waals surface area contributed by atoms with Gasteiger partial charge in [0, 0.05) is 56.5 Å². The van der Waals surface area contributed by atoms with Gasteiger partial charge in [0.05, 0.1) is 18.6 Å². The summed E-state index contributed by atoms with van der Waals surface area (Å²) in [6.07, 6.45) is 0. The van der Waals surface area contributed by atoms with Crippen molar-refractivity contribution in [1.82, 2.24) is 9.96 Å². The number of benzene rings is 2. The predicted molar refractivity (Wildman–Crippen MR) is 132 cm³/mol. The summed E-state index contributed by atoms with van der Waals surface area (Å²) < 4.78 is 5.53. The molecule has 2 aromatic rings. The van der Waals surface area contributed by atoms with Crippen molar-refractivity contribution < 1.29 is 14.4 Å². The molecule has 33 heavy (non-hydrogen) atoms. The molecule has 178 valence electrons. The third-order valence-electron chi connectivity index (χ3n) is 6.17. The van der Waals surface area contributed by atoms with Gasteiger partial charge in [0.15, 0.2) is 0 Å². The van der Waals surface area contributed by atoms with Crippen LogP contribution in [0.4, 0.5) is 5.69 Å². The molecule has 2 aliphatic rings. The molecule has 0 radical (unpaired) electrons. The monoisotopic (exact) mass is 471 g/mol. The molecule has 0 spiro atoms. The summed E-state index contributed by atoms with van der Waals surface area (Å²) in [5.41, 5.74) is 4.43. The first kappa shape index (κ1) is 24.0. The van der Waals surface area contributed by atoms with E-state index in [2.05, 4.69) is 40.1 Å². The summed E-state index contributed by atoms with van der Waals surface area (Å²) >= 11 is 6.13. The van der Waals surface area contributed by atoms with E-state index >= 15 is 0 Å². The number of hydrogen-bond donors (Lipinski definition) is 0. The summed E-state index contributed by atoms with van der Waals surface area (Å²) in [6.45, 7) is 13.0. The number of piperazine rings is 1. The molecular weight excluding hydrogens is 438 g/mol. The summed E-state index contributed by atoms with van der Waals surface area (Å²) in [5, 5.41) is 2.54. The maximum atomic E-state index is 12.2. The Morgan fingerprint density at radius 1 is 0.970 bits per heavy atom. The molecule has 0 saturated carbocycles. The zero-order valence-electron chi connectivity index (χ0n) is 19.8. The second-order valence-electron chi connectivity index (χ2n) is 9.78. The number of morpholine rings is 1. The number of anilines is 1. The summed E-state index contributed by atoms with van der Waals surface area (Å²) in [4.78, 5) is 22.6. The second-order valence-corrected chi connectivity index (χ2v) is 10.2. The number of carbonyl (C=O) groups excluding carboxylic acids is 1. The van der Waals surface area contributed by atoms with Gasteiger partial charge in [0.2, 0.25) is 0 Å². The Morgan fingerprint density at radius 3 is 2.27 bits per heavy atom. The maximum absolute atomic E-state index is 12.2. The Hall–Kier alpha value is -2.12. The highest BCUT2D eigenvalue weighted by atomic mass is 35.5. The highest BCUT2D eigenvalue weighted by Crippen LogP contribution is 2.31. The van der Waals surface area contributed by atoms with Gasteiger partial charge < -0.3 is 14.5 Å². The Labute approximate surface area is 202 Å². The average molecular weight is 472 g/mol. The van der Waals surface area contributed by atoms with Gasteiger partial charge in [0.1, 0.15) is 0 Å². The van der Waals surface area contributed by atoms with Crippen LogP contribution in [0.5, 0.6) is 0 Å². The second kappa shape index (κ2) is 10.4. The molecule has 0 aliphatic carbocycles. The Kier molecular flexibility index (Phi) is 7.59. The SMILES string of the molecule is CC(C)(C)C(=O)ON1CCN(Cc2cc(N3CCOCC3)ccc2-c2ccc(Cl)cc2)CC1. The summed E-state index contributed by atoms with van der Waals surface area (Å²) in [5.74, 6) is -0.181. The van der Waals surface area contributed by atoms with E-state index in [4.69, 9.17) is 21.2 Å². The van der Waals surface area contributed by atoms with Crippen LogP contribution in [0.1, 0.15) is 26.3 Å². The van der Waals surface area contributed by atoms with Crippen LogP contribution < -0.4 is 4.90 Å². The number of carbonyl (C=O) groups is 1. The molecule has 4 rings (SSSR count). The molecule has 0 amide bonds. The van der Waals surface area contributed by atoms with E-state index in [0.29, 0.717) is 13.1 Å². The minimum absolute atomic E-state index is 0.181. The molecule has 0 bridgehead atoms. The van der Waals surface area contributed by atoms with Crippen molar-refractivity contribution in [2.75, 3.05) is 57.4 Å². The van der Waals surface area contributed by atoms with Crippen LogP contribution in [0.3, 0.4) is 0 Å². The van der Waals surface area contributed by atoms with Crippen molar-refractivity contribution in [2.45, 2.75) is 27.3 Å². The molecule has 0 N–H and O–H groups in total. The number of nitrogens with zero attached hydrogens (tertiary/aromatic N) is 3.